The minimum atomic E-state index is -3.75. The lowest BCUT2D eigenvalue weighted by molar-refractivity contribution is 0.102. The lowest BCUT2D eigenvalue weighted by atomic mass is 10.1. The maximum absolute atomic E-state index is 12.1. The summed E-state index contributed by atoms with van der Waals surface area (Å²) in [6, 6.07) is 10.0. The van der Waals surface area contributed by atoms with Gasteiger partial charge < -0.3 is 10.3 Å². The smallest absolute Gasteiger partial charge is 0.276 e. The Balaban J connectivity index is 1.61. The number of amides is 1. The maximum atomic E-state index is 12.1. The van der Waals surface area contributed by atoms with Crippen LogP contribution in [0.4, 0.5) is 5.69 Å². The van der Waals surface area contributed by atoms with Gasteiger partial charge in [0.05, 0.1) is 11.9 Å². The number of benzene rings is 1. The first-order valence-corrected chi connectivity index (χ1v) is 8.69. The molecule has 0 atom stereocenters. The number of pyridine rings is 1. The summed E-state index contributed by atoms with van der Waals surface area (Å²) in [4.78, 5) is 18.5. The summed E-state index contributed by atoms with van der Waals surface area (Å²) in [6.45, 7) is 0.0630. The van der Waals surface area contributed by atoms with E-state index < -0.39 is 10.0 Å². The van der Waals surface area contributed by atoms with Gasteiger partial charge in [-0.25, -0.2) is 13.1 Å². The fraction of sp³-hybridized carbons (Fsp3) is 0.0667. The second-order valence-corrected chi connectivity index (χ2v) is 6.69. The molecule has 0 aliphatic rings. The first kappa shape index (κ1) is 16.7. The van der Waals surface area contributed by atoms with Gasteiger partial charge in [0.1, 0.15) is 6.33 Å². The molecule has 0 aliphatic carbocycles. The zero-order valence-electron chi connectivity index (χ0n) is 12.9. The van der Waals surface area contributed by atoms with Gasteiger partial charge >= 0.3 is 0 Å². The highest BCUT2D eigenvalue weighted by atomic mass is 32.2. The van der Waals surface area contributed by atoms with Crippen LogP contribution in [-0.4, -0.2) is 34.5 Å². The third-order valence-corrected chi connectivity index (χ3v) is 4.48. The number of carbonyl (C=O) groups excluding carboxylic acids is 1. The number of hydrogen-bond donors (Lipinski definition) is 3. The topological polar surface area (TPSA) is 130 Å². The Morgan fingerprint density at radius 3 is 2.60 bits per heavy atom. The predicted molar refractivity (Wildman–Crippen MR) is 89.0 cm³/mol. The van der Waals surface area contributed by atoms with Gasteiger partial charge in [0.15, 0.2) is 0 Å². The number of nitrogens with zero attached hydrogens (tertiary/aromatic N) is 3. The number of aromatic nitrogens is 4. The van der Waals surface area contributed by atoms with Gasteiger partial charge in [-0.1, -0.05) is 12.1 Å². The van der Waals surface area contributed by atoms with E-state index in [-0.39, 0.29) is 17.6 Å². The largest absolute Gasteiger partial charge is 0.321 e. The lowest BCUT2D eigenvalue weighted by Gasteiger charge is -2.07. The SMILES string of the molecule is O=C(Nc1cccnc1)c1ccc(CNS(=O)(=O)c2nnc[nH]2)cc1. The number of aromatic amines is 1. The molecule has 3 N–H and O–H groups in total. The van der Waals surface area contributed by atoms with E-state index in [0.717, 1.165) is 0 Å². The van der Waals surface area contributed by atoms with Crippen molar-refractivity contribution in [2.45, 2.75) is 11.7 Å². The van der Waals surface area contributed by atoms with E-state index in [4.69, 9.17) is 0 Å². The van der Waals surface area contributed by atoms with Gasteiger partial charge in [-0.15, -0.1) is 10.2 Å². The average molecular weight is 358 g/mol. The monoisotopic (exact) mass is 358 g/mol. The summed E-state index contributed by atoms with van der Waals surface area (Å²) < 4.78 is 26.3. The van der Waals surface area contributed by atoms with Gasteiger partial charge in [-0.05, 0) is 29.8 Å². The van der Waals surface area contributed by atoms with Crippen LogP contribution < -0.4 is 10.0 Å². The van der Waals surface area contributed by atoms with Gasteiger partial charge in [-0.3, -0.25) is 9.78 Å². The van der Waals surface area contributed by atoms with Crippen LogP contribution in [0.15, 0.2) is 60.3 Å². The van der Waals surface area contributed by atoms with Crippen molar-refractivity contribution in [3.8, 4) is 0 Å². The molecule has 1 amide bonds. The van der Waals surface area contributed by atoms with Crippen molar-refractivity contribution in [3.63, 3.8) is 0 Å². The summed E-state index contributed by atoms with van der Waals surface area (Å²) in [5.41, 5.74) is 1.74. The Bertz CT molecular complexity index is 941. The predicted octanol–water partition coefficient (Wildman–Crippen LogP) is 0.930. The van der Waals surface area contributed by atoms with Gasteiger partial charge in [0.2, 0.25) is 0 Å². The molecule has 3 aromatic rings. The quantitative estimate of drug-likeness (QED) is 0.601. The van der Waals surface area contributed by atoms with Crippen molar-refractivity contribution in [1.82, 2.24) is 24.9 Å². The second kappa shape index (κ2) is 7.20. The average Bonchev–Trinajstić information content (AvgIpc) is 3.17. The highest BCUT2D eigenvalue weighted by Crippen LogP contribution is 2.10. The third-order valence-electron chi connectivity index (χ3n) is 3.25. The Hall–Kier alpha value is -3.11. The van der Waals surface area contributed by atoms with Crippen molar-refractivity contribution in [3.05, 3.63) is 66.2 Å². The molecule has 3 rings (SSSR count). The van der Waals surface area contributed by atoms with Crippen LogP contribution in [0, 0.1) is 0 Å². The molecular weight excluding hydrogens is 344 g/mol. The number of sulfonamides is 1. The molecule has 2 aromatic heterocycles. The summed E-state index contributed by atoms with van der Waals surface area (Å²) in [6.07, 6.45) is 4.35. The zero-order valence-corrected chi connectivity index (χ0v) is 13.7. The highest BCUT2D eigenvalue weighted by Gasteiger charge is 2.17. The van der Waals surface area contributed by atoms with E-state index >= 15 is 0 Å². The van der Waals surface area contributed by atoms with Crippen molar-refractivity contribution in [1.29, 1.82) is 0 Å². The zero-order chi connectivity index (χ0) is 17.7. The highest BCUT2D eigenvalue weighted by molar-refractivity contribution is 7.89. The summed E-state index contributed by atoms with van der Waals surface area (Å²) >= 11 is 0. The minimum absolute atomic E-state index is 0.0630. The van der Waals surface area contributed by atoms with Gasteiger partial charge in [0, 0.05) is 18.3 Å². The molecule has 1 aromatic carbocycles. The second-order valence-electron chi connectivity index (χ2n) is 5.01. The molecule has 25 heavy (non-hydrogen) atoms. The third kappa shape index (κ3) is 4.25. The molecule has 128 valence electrons. The molecule has 2 heterocycles. The molecule has 10 heteroatoms. The fourth-order valence-electron chi connectivity index (χ4n) is 1.99. The number of rotatable bonds is 6. The molecule has 0 bridgehead atoms. The summed E-state index contributed by atoms with van der Waals surface area (Å²) in [5, 5.41) is 9.37. The summed E-state index contributed by atoms with van der Waals surface area (Å²) in [7, 11) is -3.75. The first-order chi connectivity index (χ1) is 12.0. The molecule has 0 saturated carbocycles. The Kier molecular flexibility index (Phi) is 4.82. The van der Waals surface area contributed by atoms with Crippen LogP contribution in [0.25, 0.3) is 0 Å². The fourth-order valence-corrected chi connectivity index (χ4v) is 2.84. The molecular formula is C15H14N6O3S. The van der Waals surface area contributed by atoms with E-state index in [9.17, 15) is 13.2 Å². The van der Waals surface area contributed by atoms with Crippen molar-refractivity contribution < 1.29 is 13.2 Å². The number of H-pyrrole nitrogens is 1. The van der Waals surface area contributed by atoms with Crippen LogP contribution in [0.1, 0.15) is 15.9 Å². The normalized spacial score (nSPS) is 11.2. The van der Waals surface area contributed by atoms with E-state index in [0.29, 0.717) is 16.8 Å². The van der Waals surface area contributed by atoms with Gasteiger partial charge in [0.25, 0.3) is 21.1 Å². The standard InChI is InChI=1S/C15H14N6O3S/c22-14(20-13-2-1-7-16-9-13)12-5-3-11(4-6-12)8-19-25(23,24)15-17-10-18-21-15/h1-7,9-10,19H,8H2,(H,20,22)(H,17,18,21). The van der Waals surface area contributed by atoms with E-state index in [1.165, 1.54) is 6.33 Å². The van der Waals surface area contributed by atoms with Crippen molar-refractivity contribution in [2.24, 2.45) is 0 Å². The molecule has 0 spiro atoms. The minimum Gasteiger partial charge on any atom is -0.321 e. The molecule has 0 unspecified atom stereocenters. The molecule has 0 fully saturated rings. The molecule has 9 nitrogen and oxygen atoms in total. The summed E-state index contributed by atoms with van der Waals surface area (Å²) in [5.74, 6) is -0.276. The molecule has 0 saturated heterocycles. The van der Waals surface area contributed by atoms with Crippen LogP contribution in [0.3, 0.4) is 0 Å². The van der Waals surface area contributed by atoms with Gasteiger partial charge in [-0.2, -0.15) is 0 Å². The van der Waals surface area contributed by atoms with E-state index in [1.54, 1.807) is 48.8 Å². The molecule has 0 aliphatic heterocycles. The number of hydrogen-bond acceptors (Lipinski definition) is 6. The lowest BCUT2D eigenvalue weighted by Crippen LogP contribution is -2.24. The van der Waals surface area contributed by atoms with Crippen LogP contribution in [0.2, 0.25) is 0 Å². The van der Waals surface area contributed by atoms with Crippen molar-refractivity contribution in [2.75, 3.05) is 5.32 Å². The van der Waals surface area contributed by atoms with Crippen LogP contribution in [0.5, 0.6) is 0 Å². The number of nitrogens with one attached hydrogen (secondary N) is 3. The van der Waals surface area contributed by atoms with E-state index in [2.05, 4.69) is 30.2 Å². The Morgan fingerprint density at radius 2 is 1.96 bits per heavy atom. The van der Waals surface area contributed by atoms with E-state index in [1.807, 2.05) is 0 Å². The Morgan fingerprint density at radius 1 is 1.16 bits per heavy atom. The maximum Gasteiger partial charge on any atom is 0.276 e. The van der Waals surface area contributed by atoms with Crippen molar-refractivity contribution >= 4 is 21.6 Å². The first-order valence-electron chi connectivity index (χ1n) is 7.21. The number of anilines is 1. The molecule has 0 radical (unpaired) electrons. The van der Waals surface area contributed by atoms with Crippen LogP contribution in [-0.2, 0) is 16.6 Å². The van der Waals surface area contributed by atoms with Crippen LogP contribution >= 0.6 is 0 Å². The number of carbonyl (C=O) groups is 1. The Labute approximate surface area is 143 Å².